The Morgan fingerprint density at radius 1 is 1.05 bits per heavy atom. The van der Waals surface area contributed by atoms with Crippen LogP contribution in [0.2, 0.25) is 0 Å². The van der Waals surface area contributed by atoms with E-state index in [9.17, 15) is 0 Å². The quantitative estimate of drug-likeness (QED) is 0.700. The van der Waals surface area contributed by atoms with Crippen LogP contribution in [0.3, 0.4) is 0 Å². The van der Waals surface area contributed by atoms with E-state index in [1.54, 1.807) is 35.7 Å². The Balaban J connectivity index is 2.11. The lowest BCUT2D eigenvalue weighted by atomic mass is 10.1. The van der Waals surface area contributed by atoms with Gasteiger partial charge in [0.1, 0.15) is 0 Å². The smallest absolute Gasteiger partial charge is 0.161 e. The van der Waals surface area contributed by atoms with Gasteiger partial charge in [-0.3, -0.25) is 0 Å². The van der Waals surface area contributed by atoms with E-state index >= 15 is 0 Å². The van der Waals surface area contributed by atoms with Gasteiger partial charge in [-0.15, -0.1) is 0 Å². The molecule has 0 bridgehead atoms. The van der Waals surface area contributed by atoms with E-state index in [0.717, 1.165) is 16.8 Å². The molecule has 0 fully saturated rings. The minimum atomic E-state index is 0.591. The van der Waals surface area contributed by atoms with Crippen molar-refractivity contribution in [1.82, 2.24) is 9.97 Å². The molecule has 0 aliphatic carbocycles. The summed E-state index contributed by atoms with van der Waals surface area (Å²) in [6, 6.07) is 9.24. The Kier molecular flexibility index (Phi) is 2.89. The molecule has 0 saturated carbocycles. The minimum absolute atomic E-state index is 0.591. The fraction of sp³-hybridized carbons (Fsp3) is 0. The maximum Gasteiger partial charge on any atom is 0.161 e. The number of hydrogen-bond donors (Lipinski definition) is 2. The number of benzene rings is 1. The first-order chi connectivity index (χ1) is 9.24. The monoisotopic (exact) mass is 268 g/mol. The van der Waals surface area contributed by atoms with E-state index in [0.29, 0.717) is 17.2 Å². The molecule has 3 aromatic rings. The van der Waals surface area contributed by atoms with E-state index in [2.05, 4.69) is 15.3 Å². The van der Waals surface area contributed by atoms with Crippen LogP contribution in [-0.2, 0) is 0 Å². The van der Waals surface area contributed by atoms with Gasteiger partial charge in [0, 0.05) is 34.1 Å². The van der Waals surface area contributed by atoms with Gasteiger partial charge in [-0.1, -0.05) is 0 Å². The summed E-state index contributed by atoms with van der Waals surface area (Å²) in [4.78, 5) is 8.83. The molecule has 0 saturated heterocycles. The summed E-state index contributed by atoms with van der Waals surface area (Å²) in [7, 11) is 0. The summed E-state index contributed by atoms with van der Waals surface area (Å²) >= 11 is 1.64. The van der Waals surface area contributed by atoms with E-state index in [-0.39, 0.29) is 0 Å². The van der Waals surface area contributed by atoms with Crippen LogP contribution in [-0.4, -0.2) is 9.97 Å². The first kappa shape index (κ1) is 11.7. The molecule has 0 amide bonds. The van der Waals surface area contributed by atoms with Gasteiger partial charge >= 0.3 is 0 Å². The lowest BCUT2D eigenvalue weighted by molar-refractivity contribution is 1.18. The molecule has 2 heterocycles. The van der Waals surface area contributed by atoms with Crippen LogP contribution >= 0.6 is 11.3 Å². The number of rotatable bonds is 2. The van der Waals surface area contributed by atoms with Gasteiger partial charge in [0.2, 0.25) is 0 Å². The lowest BCUT2D eigenvalue weighted by Gasteiger charge is -2.06. The molecular weight excluding hydrogens is 256 g/mol. The van der Waals surface area contributed by atoms with E-state index in [4.69, 9.17) is 11.5 Å². The van der Waals surface area contributed by atoms with Crippen LogP contribution in [0.1, 0.15) is 0 Å². The molecule has 0 unspecified atom stereocenters. The van der Waals surface area contributed by atoms with Crippen LogP contribution in [0.5, 0.6) is 0 Å². The minimum Gasteiger partial charge on any atom is -0.399 e. The number of hydrogen-bond acceptors (Lipinski definition) is 5. The molecule has 0 aliphatic rings. The fourth-order valence-electron chi connectivity index (χ4n) is 1.83. The maximum atomic E-state index is 5.96. The first-order valence-corrected chi connectivity index (χ1v) is 6.69. The summed E-state index contributed by atoms with van der Waals surface area (Å²) < 4.78 is 0. The zero-order chi connectivity index (χ0) is 13.2. The Morgan fingerprint density at radius 3 is 2.74 bits per heavy atom. The number of nitrogen functional groups attached to an aromatic ring is 2. The highest BCUT2D eigenvalue weighted by Gasteiger charge is 2.08. The molecule has 2 aromatic heterocycles. The second-order valence-corrected chi connectivity index (χ2v) is 4.90. The molecule has 4 N–H and O–H groups in total. The Labute approximate surface area is 114 Å². The summed E-state index contributed by atoms with van der Waals surface area (Å²) in [5, 5.41) is 4.07. The van der Waals surface area contributed by atoms with Crippen LogP contribution in [0.15, 0.2) is 47.3 Å². The van der Waals surface area contributed by atoms with Crippen molar-refractivity contribution in [2.45, 2.75) is 0 Å². The molecule has 0 spiro atoms. The molecule has 3 rings (SSSR count). The van der Waals surface area contributed by atoms with E-state index in [1.165, 1.54) is 0 Å². The van der Waals surface area contributed by atoms with Crippen LogP contribution in [0.25, 0.3) is 22.6 Å². The van der Waals surface area contributed by atoms with Crippen LogP contribution < -0.4 is 11.5 Å². The molecule has 0 atom stereocenters. The molecule has 0 radical (unpaired) electrons. The topological polar surface area (TPSA) is 77.8 Å². The third kappa shape index (κ3) is 2.28. The van der Waals surface area contributed by atoms with E-state index in [1.807, 2.05) is 17.5 Å². The largest absolute Gasteiger partial charge is 0.399 e. The zero-order valence-electron chi connectivity index (χ0n) is 10.1. The van der Waals surface area contributed by atoms with Crippen molar-refractivity contribution < 1.29 is 0 Å². The van der Waals surface area contributed by atoms with Gasteiger partial charge in [-0.25, -0.2) is 9.97 Å². The highest BCUT2D eigenvalue weighted by Crippen LogP contribution is 2.27. The summed E-state index contributed by atoms with van der Waals surface area (Å²) in [5.74, 6) is 0.591. The van der Waals surface area contributed by atoms with Gasteiger partial charge in [-0.05, 0) is 35.7 Å². The van der Waals surface area contributed by atoms with Gasteiger partial charge in [0.05, 0.1) is 5.69 Å². The third-order valence-corrected chi connectivity index (χ3v) is 3.47. The predicted octanol–water partition coefficient (Wildman–Crippen LogP) is 3.04. The molecule has 1 aromatic carbocycles. The highest BCUT2D eigenvalue weighted by molar-refractivity contribution is 7.08. The third-order valence-electron chi connectivity index (χ3n) is 2.79. The number of aromatic nitrogens is 2. The van der Waals surface area contributed by atoms with Crippen LogP contribution in [0, 0.1) is 0 Å². The molecule has 0 aliphatic heterocycles. The zero-order valence-corrected chi connectivity index (χ0v) is 10.9. The van der Waals surface area contributed by atoms with Crippen LogP contribution in [0.4, 0.5) is 11.4 Å². The summed E-state index contributed by atoms with van der Waals surface area (Å²) in [5.41, 5.74) is 15.7. The van der Waals surface area contributed by atoms with Gasteiger partial charge in [-0.2, -0.15) is 11.3 Å². The Bertz CT molecular complexity index is 707. The first-order valence-electron chi connectivity index (χ1n) is 5.75. The molecule has 5 heteroatoms. The second kappa shape index (κ2) is 4.70. The van der Waals surface area contributed by atoms with Crippen molar-refractivity contribution in [3.8, 4) is 22.6 Å². The van der Waals surface area contributed by atoms with Gasteiger partial charge in [0.15, 0.2) is 5.82 Å². The van der Waals surface area contributed by atoms with Crippen molar-refractivity contribution >= 4 is 22.7 Å². The van der Waals surface area contributed by atoms with Crippen molar-refractivity contribution in [2.24, 2.45) is 0 Å². The van der Waals surface area contributed by atoms with Crippen molar-refractivity contribution in [3.63, 3.8) is 0 Å². The van der Waals surface area contributed by atoms with Crippen molar-refractivity contribution in [2.75, 3.05) is 11.5 Å². The maximum absolute atomic E-state index is 5.96. The molecule has 4 nitrogen and oxygen atoms in total. The van der Waals surface area contributed by atoms with E-state index < -0.39 is 0 Å². The standard InChI is InChI=1S/C14H12N4S/c15-10-1-2-12(16)11(7-10)14-17-5-3-13(18-14)9-4-6-19-8-9/h1-8H,15-16H2. The molecule has 19 heavy (non-hydrogen) atoms. The van der Waals surface area contributed by atoms with Crippen molar-refractivity contribution in [1.29, 1.82) is 0 Å². The number of nitrogens with two attached hydrogens (primary N) is 2. The predicted molar refractivity (Wildman–Crippen MR) is 79.6 cm³/mol. The normalized spacial score (nSPS) is 10.5. The number of nitrogens with zero attached hydrogens (tertiary/aromatic N) is 2. The second-order valence-electron chi connectivity index (χ2n) is 4.12. The lowest BCUT2D eigenvalue weighted by Crippen LogP contribution is -1.97. The summed E-state index contributed by atoms with van der Waals surface area (Å²) in [6.45, 7) is 0. The Hall–Kier alpha value is -2.40. The molecular formula is C14H12N4S. The fourth-order valence-corrected chi connectivity index (χ4v) is 2.48. The molecule has 94 valence electrons. The number of thiophene rings is 1. The number of anilines is 2. The van der Waals surface area contributed by atoms with Gasteiger partial charge < -0.3 is 11.5 Å². The SMILES string of the molecule is Nc1ccc(N)c(-c2nccc(-c3ccsc3)n2)c1. The average Bonchev–Trinajstić information content (AvgIpc) is 2.96. The highest BCUT2D eigenvalue weighted by atomic mass is 32.1. The Morgan fingerprint density at radius 2 is 1.95 bits per heavy atom. The van der Waals surface area contributed by atoms with Crippen molar-refractivity contribution in [3.05, 3.63) is 47.3 Å². The summed E-state index contributed by atoms with van der Waals surface area (Å²) in [6.07, 6.45) is 1.73. The van der Waals surface area contributed by atoms with Gasteiger partial charge in [0.25, 0.3) is 0 Å². The average molecular weight is 268 g/mol.